The van der Waals surface area contributed by atoms with Crippen LogP contribution in [0.4, 0.5) is 10.1 Å². The van der Waals surface area contributed by atoms with Crippen molar-refractivity contribution in [2.24, 2.45) is 5.41 Å². The average Bonchev–Trinajstić information content (AvgIpc) is 2.36. The molecule has 0 aliphatic heterocycles. The highest BCUT2D eigenvalue weighted by atomic mass is 19.1. The summed E-state index contributed by atoms with van der Waals surface area (Å²) in [5.41, 5.74) is 5.15. The van der Waals surface area contributed by atoms with Crippen molar-refractivity contribution >= 4 is 11.7 Å². The summed E-state index contributed by atoms with van der Waals surface area (Å²) in [5.74, 6) is -1.85. The molecule has 3 N–H and O–H groups in total. The zero-order valence-electron chi connectivity index (χ0n) is 11.8. The summed E-state index contributed by atoms with van der Waals surface area (Å²) in [6.45, 7) is 4.42. The predicted molar refractivity (Wildman–Crippen MR) is 74.4 cm³/mol. The van der Waals surface area contributed by atoms with Crippen LogP contribution in [0.25, 0.3) is 0 Å². The minimum atomic E-state index is -1.27. The van der Waals surface area contributed by atoms with Crippen LogP contribution < -0.4 is 10.5 Å². The molecule has 0 amide bonds. The van der Waals surface area contributed by atoms with Crippen LogP contribution in [0.2, 0.25) is 0 Å². The average molecular weight is 281 g/mol. The molecule has 1 aliphatic rings. The second kappa shape index (κ2) is 5.31. The van der Waals surface area contributed by atoms with Crippen LogP contribution in [0.5, 0.6) is 5.75 Å². The molecule has 0 saturated heterocycles. The number of aromatic carboxylic acids is 1. The Labute approximate surface area is 117 Å². The molecular weight excluding hydrogens is 261 g/mol. The van der Waals surface area contributed by atoms with Crippen LogP contribution in [0, 0.1) is 11.2 Å². The highest BCUT2D eigenvalue weighted by molar-refractivity contribution is 5.96. The topological polar surface area (TPSA) is 72.5 Å². The molecule has 0 atom stereocenters. The number of hydrogen-bond acceptors (Lipinski definition) is 3. The zero-order chi connectivity index (χ0) is 14.9. The predicted octanol–water partition coefficient (Wildman–Crippen LogP) is 3.45. The van der Waals surface area contributed by atoms with Gasteiger partial charge in [0, 0.05) is 0 Å². The van der Waals surface area contributed by atoms with E-state index in [1.165, 1.54) is 6.07 Å². The van der Waals surface area contributed by atoms with Crippen LogP contribution >= 0.6 is 0 Å². The Balaban J connectivity index is 2.18. The molecule has 1 fully saturated rings. The highest BCUT2D eigenvalue weighted by Gasteiger charge is 2.29. The maximum Gasteiger partial charge on any atom is 0.341 e. The number of ether oxygens (including phenoxy) is 1. The quantitative estimate of drug-likeness (QED) is 0.832. The number of rotatable bonds is 3. The van der Waals surface area contributed by atoms with Crippen molar-refractivity contribution < 1.29 is 19.0 Å². The van der Waals surface area contributed by atoms with Gasteiger partial charge in [-0.15, -0.1) is 0 Å². The van der Waals surface area contributed by atoms with Crippen molar-refractivity contribution in [1.82, 2.24) is 0 Å². The van der Waals surface area contributed by atoms with Gasteiger partial charge in [0.2, 0.25) is 0 Å². The second-order valence-electron chi connectivity index (χ2n) is 6.12. The van der Waals surface area contributed by atoms with Gasteiger partial charge >= 0.3 is 5.97 Å². The van der Waals surface area contributed by atoms with Gasteiger partial charge in [0.05, 0.1) is 11.8 Å². The minimum absolute atomic E-state index is 0.0361. The van der Waals surface area contributed by atoms with Crippen LogP contribution in [0.15, 0.2) is 12.1 Å². The molecule has 0 spiro atoms. The van der Waals surface area contributed by atoms with Crippen LogP contribution in [0.1, 0.15) is 49.9 Å². The van der Waals surface area contributed by atoms with Gasteiger partial charge in [-0.2, -0.15) is 0 Å². The molecular formula is C15H20FNO3. The Morgan fingerprint density at radius 1 is 1.40 bits per heavy atom. The summed E-state index contributed by atoms with van der Waals surface area (Å²) in [5, 5.41) is 9.16. The lowest BCUT2D eigenvalue weighted by Crippen LogP contribution is -2.29. The third-order valence-corrected chi connectivity index (χ3v) is 3.95. The van der Waals surface area contributed by atoms with E-state index in [1.54, 1.807) is 0 Å². The number of anilines is 1. The number of hydrogen-bond donors (Lipinski definition) is 2. The van der Waals surface area contributed by atoms with Gasteiger partial charge < -0.3 is 15.6 Å². The largest absolute Gasteiger partial charge is 0.489 e. The standard InChI is InChI=1S/C15H20FNO3/c1-15(2)7-5-9(6-8-15)20-11-4-3-10(16)13(17)12(11)14(18)19/h3-4,9H,5-8,17H2,1-2H3,(H,18,19). The van der Waals surface area contributed by atoms with E-state index in [9.17, 15) is 9.18 Å². The molecule has 0 radical (unpaired) electrons. The molecule has 0 unspecified atom stereocenters. The summed E-state index contributed by atoms with van der Waals surface area (Å²) in [6, 6.07) is 2.48. The Morgan fingerprint density at radius 2 is 2.00 bits per heavy atom. The first kappa shape index (κ1) is 14.6. The monoisotopic (exact) mass is 281 g/mol. The molecule has 1 aromatic rings. The molecule has 20 heavy (non-hydrogen) atoms. The van der Waals surface area contributed by atoms with Crippen molar-refractivity contribution in [1.29, 1.82) is 0 Å². The summed E-state index contributed by atoms with van der Waals surface area (Å²) in [7, 11) is 0. The van der Waals surface area contributed by atoms with E-state index < -0.39 is 11.8 Å². The van der Waals surface area contributed by atoms with Crippen molar-refractivity contribution in [3.63, 3.8) is 0 Å². The van der Waals surface area contributed by atoms with Crippen molar-refractivity contribution in [3.05, 3.63) is 23.5 Å². The molecule has 2 rings (SSSR count). The molecule has 5 heteroatoms. The third-order valence-electron chi connectivity index (χ3n) is 3.95. The van der Waals surface area contributed by atoms with Gasteiger partial charge in [0.25, 0.3) is 0 Å². The van der Waals surface area contributed by atoms with E-state index in [4.69, 9.17) is 15.6 Å². The first-order chi connectivity index (χ1) is 9.30. The maximum atomic E-state index is 13.4. The number of benzene rings is 1. The van der Waals surface area contributed by atoms with Crippen LogP contribution in [0.3, 0.4) is 0 Å². The van der Waals surface area contributed by atoms with E-state index >= 15 is 0 Å². The molecule has 0 heterocycles. The fourth-order valence-electron chi connectivity index (χ4n) is 2.56. The molecule has 0 aromatic heterocycles. The van der Waals surface area contributed by atoms with Crippen molar-refractivity contribution in [3.8, 4) is 5.75 Å². The maximum absolute atomic E-state index is 13.4. The van der Waals surface area contributed by atoms with Gasteiger partial charge in [-0.25, -0.2) is 9.18 Å². The lowest BCUT2D eigenvalue weighted by atomic mass is 9.76. The van der Waals surface area contributed by atoms with Gasteiger partial charge in [0.15, 0.2) is 0 Å². The molecule has 1 saturated carbocycles. The van der Waals surface area contributed by atoms with Gasteiger partial charge in [-0.1, -0.05) is 13.8 Å². The summed E-state index contributed by atoms with van der Waals surface area (Å²) < 4.78 is 19.1. The number of nitrogens with two attached hydrogens (primary N) is 1. The van der Waals surface area contributed by atoms with Gasteiger partial charge in [-0.3, -0.25) is 0 Å². The first-order valence-electron chi connectivity index (χ1n) is 6.78. The number of carboxylic acids is 1. The molecule has 0 bridgehead atoms. The third kappa shape index (κ3) is 3.03. The Bertz CT molecular complexity index is 518. The fraction of sp³-hybridized carbons (Fsp3) is 0.533. The van der Waals surface area contributed by atoms with Gasteiger partial charge in [-0.05, 0) is 43.2 Å². The Kier molecular flexibility index (Phi) is 3.88. The van der Waals surface area contributed by atoms with Gasteiger partial charge in [0.1, 0.15) is 17.1 Å². The lowest BCUT2D eigenvalue weighted by Gasteiger charge is -2.34. The van der Waals surface area contributed by atoms with E-state index in [0.29, 0.717) is 5.41 Å². The smallest absolute Gasteiger partial charge is 0.341 e. The lowest BCUT2D eigenvalue weighted by molar-refractivity contribution is 0.0675. The van der Waals surface area contributed by atoms with E-state index in [2.05, 4.69) is 13.8 Å². The van der Waals surface area contributed by atoms with Crippen molar-refractivity contribution in [2.45, 2.75) is 45.6 Å². The number of carboxylic acid groups (broad SMARTS) is 1. The van der Waals surface area contributed by atoms with E-state index in [1.807, 2.05) is 0 Å². The van der Waals surface area contributed by atoms with E-state index in [-0.39, 0.29) is 23.1 Å². The number of carbonyl (C=O) groups is 1. The summed E-state index contributed by atoms with van der Waals surface area (Å²) in [4.78, 5) is 11.2. The first-order valence-corrected chi connectivity index (χ1v) is 6.78. The number of nitrogen functional groups attached to an aromatic ring is 1. The SMILES string of the molecule is CC1(C)CCC(Oc2ccc(F)c(N)c2C(=O)O)CC1. The number of halogens is 1. The second-order valence-corrected chi connectivity index (χ2v) is 6.12. The Morgan fingerprint density at radius 3 is 2.55 bits per heavy atom. The highest BCUT2D eigenvalue weighted by Crippen LogP contribution is 2.37. The van der Waals surface area contributed by atoms with E-state index in [0.717, 1.165) is 31.7 Å². The van der Waals surface area contributed by atoms with Crippen LogP contribution in [-0.2, 0) is 0 Å². The zero-order valence-corrected chi connectivity index (χ0v) is 11.8. The summed E-state index contributed by atoms with van der Waals surface area (Å²) >= 11 is 0. The van der Waals surface area contributed by atoms with Crippen molar-refractivity contribution in [2.75, 3.05) is 5.73 Å². The molecule has 4 nitrogen and oxygen atoms in total. The summed E-state index contributed by atoms with van der Waals surface area (Å²) in [6.07, 6.45) is 3.74. The minimum Gasteiger partial charge on any atom is -0.489 e. The molecule has 1 aromatic carbocycles. The van der Waals surface area contributed by atoms with Crippen LogP contribution in [-0.4, -0.2) is 17.2 Å². The normalized spacial score (nSPS) is 18.8. The molecule has 110 valence electrons. The fourth-order valence-corrected chi connectivity index (χ4v) is 2.56. The Hall–Kier alpha value is -1.78. The molecule has 1 aliphatic carbocycles.